The third-order valence-electron chi connectivity index (χ3n) is 12.3. The van der Waals surface area contributed by atoms with Crippen molar-refractivity contribution >= 4 is 8.61 Å². The van der Waals surface area contributed by atoms with Crippen molar-refractivity contribution in [2.24, 2.45) is 52.3 Å². The molecule has 4 fully saturated rings. The molecule has 0 radical (unpaired) electrons. The molecule has 0 aliphatic heterocycles. The topological polar surface area (TPSA) is 12.5 Å². The van der Waals surface area contributed by atoms with Crippen molar-refractivity contribution < 1.29 is 8.72 Å². The van der Waals surface area contributed by atoms with Crippen LogP contribution in [-0.4, -0.2) is 22.9 Å². The van der Waals surface area contributed by atoms with Crippen molar-refractivity contribution in [3.05, 3.63) is 0 Å². The van der Waals surface area contributed by atoms with Gasteiger partial charge in [-0.15, -0.1) is 0 Å². The molecule has 216 valence electrons. The van der Waals surface area contributed by atoms with Gasteiger partial charge in [0, 0.05) is 12.1 Å². The number of rotatable bonds is 10. The highest BCUT2D eigenvalue weighted by molar-refractivity contribution is 7.44. The van der Waals surface area contributed by atoms with Gasteiger partial charge in [0.05, 0.1) is 6.10 Å². The molecule has 2 unspecified atom stereocenters. The van der Waals surface area contributed by atoms with E-state index in [1.165, 1.54) is 64.2 Å². The predicted octanol–water partition coefficient (Wildman–Crippen LogP) is 10.8. The van der Waals surface area contributed by atoms with Crippen molar-refractivity contribution in [1.29, 1.82) is 0 Å². The van der Waals surface area contributed by atoms with E-state index in [0.717, 1.165) is 54.3 Å². The monoisotopic (exact) mass is 537 g/mol. The maximum atomic E-state index is 15.3. The standard InChI is InChI=1S/C33H61FNOP/c1-22(2)11-10-12-25(7)29-15-16-30-28-14-13-26-21-27(36-37(34)35(23(3)4)24(5)6)17-19-32(26,8)31(28)18-20-33(29,30)9/h22-31H,10-21H2,1-9H3/t25-,26?,27+,28+,29-,30+,31+,32+,33-,37?/m1/s1. The Labute approximate surface area is 231 Å². The Morgan fingerprint density at radius 3 is 2.11 bits per heavy atom. The van der Waals surface area contributed by atoms with Gasteiger partial charge in [0.25, 0.3) is 0 Å². The van der Waals surface area contributed by atoms with Crippen molar-refractivity contribution in [3.8, 4) is 0 Å². The van der Waals surface area contributed by atoms with Crippen molar-refractivity contribution in [3.63, 3.8) is 0 Å². The largest absolute Gasteiger partial charge is 0.315 e. The van der Waals surface area contributed by atoms with Crippen LogP contribution in [0.4, 0.5) is 4.20 Å². The number of nitrogens with zero attached hydrogens (tertiary/aromatic N) is 1. The quantitative estimate of drug-likeness (QED) is 0.257. The molecule has 0 aromatic carbocycles. The predicted molar refractivity (Wildman–Crippen MR) is 158 cm³/mol. The first kappa shape index (κ1) is 30.2. The Balaban J connectivity index is 1.38. The number of fused-ring (bicyclic) bond motifs is 5. The zero-order valence-electron chi connectivity index (χ0n) is 25.9. The smallest absolute Gasteiger partial charge is 0.304 e. The van der Waals surface area contributed by atoms with Crippen LogP contribution in [0.2, 0.25) is 0 Å². The maximum Gasteiger partial charge on any atom is 0.304 e. The average molecular weight is 538 g/mol. The highest BCUT2D eigenvalue weighted by Crippen LogP contribution is 2.69. The summed E-state index contributed by atoms with van der Waals surface area (Å²) < 4.78 is 23.5. The molecule has 0 spiro atoms. The minimum Gasteiger partial charge on any atom is -0.315 e. The molecular weight excluding hydrogens is 476 g/mol. The van der Waals surface area contributed by atoms with Crippen molar-refractivity contribution in [1.82, 2.24) is 4.67 Å². The molecule has 0 saturated heterocycles. The van der Waals surface area contributed by atoms with E-state index in [2.05, 4.69) is 62.3 Å². The lowest BCUT2D eigenvalue weighted by atomic mass is 9.44. The van der Waals surface area contributed by atoms with E-state index in [1.54, 1.807) is 0 Å². The van der Waals surface area contributed by atoms with Gasteiger partial charge in [-0.2, -0.15) is 4.20 Å². The Kier molecular flexibility index (Phi) is 9.83. The lowest BCUT2D eigenvalue weighted by Gasteiger charge is -2.61. The van der Waals surface area contributed by atoms with Crippen LogP contribution in [0.1, 0.15) is 139 Å². The van der Waals surface area contributed by atoms with Gasteiger partial charge in [-0.3, -0.25) is 0 Å². The molecule has 4 aliphatic carbocycles. The second kappa shape index (κ2) is 12.0. The molecule has 37 heavy (non-hydrogen) atoms. The first-order valence-electron chi connectivity index (χ1n) is 16.3. The Hall–Kier alpha value is 0.280. The first-order valence-corrected chi connectivity index (χ1v) is 17.4. The van der Waals surface area contributed by atoms with E-state index in [-0.39, 0.29) is 18.2 Å². The number of hydrogen-bond donors (Lipinski definition) is 0. The van der Waals surface area contributed by atoms with Crippen LogP contribution in [0, 0.1) is 52.3 Å². The van der Waals surface area contributed by atoms with E-state index in [0.29, 0.717) is 10.8 Å². The minimum absolute atomic E-state index is 0.113. The number of hydrogen-bond acceptors (Lipinski definition) is 2. The van der Waals surface area contributed by atoms with Gasteiger partial charge in [-0.05, 0) is 138 Å². The summed E-state index contributed by atoms with van der Waals surface area (Å²) >= 11 is 0. The number of halogens is 1. The molecule has 4 aliphatic rings. The molecule has 4 heteroatoms. The average Bonchev–Trinajstić information content (AvgIpc) is 3.15. The fourth-order valence-corrected chi connectivity index (χ4v) is 11.7. The molecule has 4 saturated carbocycles. The molecule has 0 bridgehead atoms. The lowest BCUT2D eigenvalue weighted by molar-refractivity contribution is -0.127. The molecular formula is C33H61FNOP. The van der Waals surface area contributed by atoms with Gasteiger partial charge in [0.1, 0.15) is 0 Å². The van der Waals surface area contributed by atoms with Crippen LogP contribution in [-0.2, 0) is 4.52 Å². The van der Waals surface area contributed by atoms with E-state index < -0.39 is 8.61 Å². The summed E-state index contributed by atoms with van der Waals surface area (Å²) in [5, 5.41) is 0. The summed E-state index contributed by atoms with van der Waals surface area (Å²) in [5.74, 6) is 6.15. The molecule has 0 aromatic heterocycles. The Bertz CT molecular complexity index is 736. The van der Waals surface area contributed by atoms with Crippen LogP contribution >= 0.6 is 8.61 Å². The van der Waals surface area contributed by atoms with Gasteiger partial charge in [-0.25, -0.2) is 4.67 Å². The van der Waals surface area contributed by atoms with E-state index >= 15 is 4.20 Å². The maximum absolute atomic E-state index is 15.3. The molecule has 0 heterocycles. The van der Waals surface area contributed by atoms with Gasteiger partial charge >= 0.3 is 8.61 Å². The lowest BCUT2D eigenvalue weighted by Crippen LogP contribution is -2.54. The van der Waals surface area contributed by atoms with Gasteiger partial charge in [0.15, 0.2) is 0 Å². The molecule has 10 atom stereocenters. The van der Waals surface area contributed by atoms with Crippen molar-refractivity contribution in [2.75, 3.05) is 0 Å². The fourth-order valence-electron chi connectivity index (χ4n) is 10.5. The summed E-state index contributed by atoms with van der Waals surface area (Å²) in [4.78, 5) is 0. The summed E-state index contributed by atoms with van der Waals surface area (Å²) in [7, 11) is -2.00. The van der Waals surface area contributed by atoms with E-state index in [4.69, 9.17) is 4.52 Å². The fraction of sp³-hybridized carbons (Fsp3) is 1.00. The summed E-state index contributed by atoms with van der Waals surface area (Å²) in [6.45, 7) is 21.1. The zero-order chi connectivity index (χ0) is 27.1. The van der Waals surface area contributed by atoms with Crippen LogP contribution in [0.3, 0.4) is 0 Å². The van der Waals surface area contributed by atoms with Crippen LogP contribution in [0.25, 0.3) is 0 Å². The normalized spacial score (nSPS) is 41.7. The summed E-state index contributed by atoms with van der Waals surface area (Å²) in [6.07, 6.45) is 16.4. The third kappa shape index (κ3) is 6.00. The first-order chi connectivity index (χ1) is 17.4. The minimum atomic E-state index is -2.00. The van der Waals surface area contributed by atoms with Crippen molar-refractivity contribution in [2.45, 2.75) is 158 Å². The van der Waals surface area contributed by atoms with Crippen LogP contribution in [0.5, 0.6) is 0 Å². The van der Waals surface area contributed by atoms with Gasteiger partial charge < -0.3 is 4.52 Å². The Morgan fingerprint density at radius 2 is 1.46 bits per heavy atom. The van der Waals surface area contributed by atoms with Gasteiger partial charge in [0.2, 0.25) is 0 Å². The van der Waals surface area contributed by atoms with E-state index in [1.807, 2.05) is 4.67 Å². The highest BCUT2D eigenvalue weighted by atomic mass is 31.2. The zero-order valence-corrected chi connectivity index (χ0v) is 26.8. The van der Waals surface area contributed by atoms with E-state index in [9.17, 15) is 0 Å². The van der Waals surface area contributed by atoms with Crippen LogP contribution < -0.4 is 0 Å². The summed E-state index contributed by atoms with van der Waals surface area (Å²) in [6, 6.07) is 0.371. The van der Waals surface area contributed by atoms with Gasteiger partial charge in [-0.1, -0.05) is 53.9 Å². The molecule has 2 nitrogen and oxygen atoms in total. The second-order valence-corrected chi connectivity index (χ2v) is 16.6. The Morgan fingerprint density at radius 1 is 0.811 bits per heavy atom. The molecule has 4 rings (SSSR count). The molecule has 0 N–H and O–H groups in total. The second-order valence-electron chi connectivity index (χ2n) is 15.5. The third-order valence-corrected chi connectivity index (χ3v) is 14.1. The molecule has 0 aromatic rings. The molecule has 0 amide bonds. The summed E-state index contributed by atoms with van der Waals surface area (Å²) in [5.41, 5.74) is 1.02. The SMILES string of the molecule is CC(C)CCC[C@@H](C)[C@H]1CC[C@H]2[C@@H]3CCC4C[C@@H](OP(F)N(C(C)C)C(C)C)CC[C@]4(C)[C@H]3CC[C@]12C. The van der Waals surface area contributed by atoms with Crippen LogP contribution in [0.15, 0.2) is 0 Å². The highest BCUT2D eigenvalue weighted by Gasteiger charge is 2.60.